The maximum atomic E-state index is 6.35. The van der Waals surface area contributed by atoms with Gasteiger partial charge in [0.15, 0.2) is 0 Å². The third kappa shape index (κ3) is 3.97. The summed E-state index contributed by atoms with van der Waals surface area (Å²) in [6.45, 7) is 4.29. The van der Waals surface area contributed by atoms with Gasteiger partial charge in [-0.05, 0) is 43.9 Å². The first-order valence-electron chi connectivity index (χ1n) is 6.72. The van der Waals surface area contributed by atoms with Gasteiger partial charge in [0.2, 0.25) is 0 Å². The largest absolute Gasteiger partial charge is 0.312 e. The molecule has 0 aromatic carbocycles. The molecule has 1 N–H and O–H groups in total. The van der Waals surface area contributed by atoms with Crippen LogP contribution in [0.1, 0.15) is 42.4 Å². The van der Waals surface area contributed by atoms with Gasteiger partial charge in [-0.3, -0.25) is 0 Å². The van der Waals surface area contributed by atoms with Crippen LogP contribution in [0.25, 0.3) is 0 Å². The Balaban J connectivity index is 1.71. The molecule has 2 rings (SSSR count). The second-order valence-electron chi connectivity index (χ2n) is 4.91. The van der Waals surface area contributed by atoms with Crippen LogP contribution in [-0.2, 0) is 13.0 Å². The summed E-state index contributed by atoms with van der Waals surface area (Å²) in [5, 5.41) is 3.96. The summed E-state index contributed by atoms with van der Waals surface area (Å²) in [5.74, 6) is 0.677. The van der Waals surface area contributed by atoms with E-state index < -0.39 is 0 Å². The highest BCUT2D eigenvalue weighted by Crippen LogP contribution is 2.28. The predicted octanol–water partition coefficient (Wildman–Crippen LogP) is 4.20. The Morgan fingerprint density at radius 3 is 2.76 bits per heavy atom. The quantitative estimate of drug-likeness (QED) is 0.792. The summed E-state index contributed by atoms with van der Waals surface area (Å²) >= 11 is 8.28. The third-order valence-electron chi connectivity index (χ3n) is 3.59. The molecular formula is C14H22ClNS. The molecule has 0 aliphatic heterocycles. The molecule has 1 nitrogen and oxygen atoms in total. The SMILES string of the molecule is CCc1ccc(CNCC2CCCCC2Cl)s1. The van der Waals surface area contributed by atoms with Gasteiger partial charge >= 0.3 is 0 Å². The highest BCUT2D eigenvalue weighted by molar-refractivity contribution is 7.11. The topological polar surface area (TPSA) is 12.0 Å². The van der Waals surface area contributed by atoms with Gasteiger partial charge in [-0.25, -0.2) is 0 Å². The molecule has 0 amide bonds. The standard InChI is InChI=1S/C14H22ClNS/c1-2-12-7-8-13(17-12)10-16-9-11-5-3-4-6-14(11)15/h7-8,11,14,16H,2-6,9-10H2,1H3. The molecule has 96 valence electrons. The first-order chi connectivity index (χ1) is 8.29. The van der Waals surface area contributed by atoms with E-state index in [-0.39, 0.29) is 0 Å². The first-order valence-corrected chi connectivity index (χ1v) is 7.97. The van der Waals surface area contributed by atoms with Crippen molar-refractivity contribution in [3.05, 3.63) is 21.9 Å². The van der Waals surface area contributed by atoms with E-state index in [1.165, 1.54) is 35.4 Å². The van der Waals surface area contributed by atoms with Crippen LogP contribution in [0.3, 0.4) is 0 Å². The minimum Gasteiger partial charge on any atom is -0.312 e. The second kappa shape index (κ2) is 6.77. The van der Waals surface area contributed by atoms with Crippen molar-refractivity contribution in [2.45, 2.75) is 50.9 Å². The molecule has 0 radical (unpaired) electrons. The van der Waals surface area contributed by atoms with Crippen molar-refractivity contribution in [1.82, 2.24) is 5.32 Å². The molecule has 1 heterocycles. The molecule has 3 heteroatoms. The minimum absolute atomic E-state index is 0.394. The van der Waals surface area contributed by atoms with Gasteiger partial charge in [-0.1, -0.05) is 19.8 Å². The molecular weight excluding hydrogens is 250 g/mol. The molecule has 1 aliphatic rings. The molecule has 0 spiro atoms. The van der Waals surface area contributed by atoms with Gasteiger partial charge < -0.3 is 5.32 Å². The fourth-order valence-corrected chi connectivity index (χ4v) is 3.78. The lowest BCUT2D eigenvalue weighted by molar-refractivity contribution is 0.349. The fourth-order valence-electron chi connectivity index (χ4n) is 2.48. The highest BCUT2D eigenvalue weighted by Gasteiger charge is 2.22. The smallest absolute Gasteiger partial charge is 0.0376 e. The lowest BCUT2D eigenvalue weighted by Crippen LogP contribution is -2.30. The van der Waals surface area contributed by atoms with Crippen LogP contribution in [-0.4, -0.2) is 11.9 Å². The van der Waals surface area contributed by atoms with Gasteiger partial charge in [-0.15, -0.1) is 22.9 Å². The predicted molar refractivity (Wildman–Crippen MR) is 77.0 cm³/mol. The van der Waals surface area contributed by atoms with Crippen LogP contribution in [0.15, 0.2) is 12.1 Å². The lowest BCUT2D eigenvalue weighted by atomic mass is 9.89. The molecule has 1 aliphatic carbocycles. The number of thiophene rings is 1. The zero-order valence-electron chi connectivity index (χ0n) is 10.5. The van der Waals surface area contributed by atoms with Crippen LogP contribution in [0.4, 0.5) is 0 Å². The van der Waals surface area contributed by atoms with Crippen LogP contribution in [0, 0.1) is 5.92 Å². The monoisotopic (exact) mass is 271 g/mol. The van der Waals surface area contributed by atoms with Crippen molar-refractivity contribution >= 4 is 22.9 Å². The second-order valence-corrected chi connectivity index (χ2v) is 6.73. The van der Waals surface area contributed by atoms with Crippen LogP contribution < -0.4 is 5.32 Å². The molecule has 0 saturated heterocycles. The highest BCUT2D eigenvalue weighted by atomic mass is 35.5. The van der Waals surface area contributed by atoms with Crippen molar-refractivity contribution in [1.29, 1.82) is 0 Å². The molecule has 1 aromatic heterocycles. The summed E-state index contributed by atoms with van der Waals surface area (Å²) in [6, 6.07) is 4.49. The molecule has 2 atom stereocenters. The summed E-state index contributed by atoms with van der Waals surface area (Å²) in [4.78, 5) is 2.93. The molecule has 17 heavy (non-hydrogen) atoms. The Hall–Kier alpha value is -0.0500. The van der Waals surface area contributed by atoms with Crippen molar-refractivity contribution in [2.24, 2.45) is 5.92 Å². The number of aryl methyl sites for hydroxylation is 1. The van der Waals surface area contributed by atoms with E-state index >= 15 is 0 Å². The number of hydrogen-bond donors (Lipinski definition) is 1. The van der Waals surface area contributed by atoms with E-state index in [1.807, 2.05) is 11.3 Å². The first kappa shape index (κ1) is 13.4. The summed E-state index contributed by atoms with van der Waals surface area (Å²) < 4.78 is 0. The van der Waals surface area contributed by atoms with Gasteiger partial charge in [0.25, 0.3) is 0 Å². The van der Waals surface area contributed by atoms with Crippen molar-refractivity contribution < 1.29 is 0 Å². The Morgan fingerprint density at radius 1 is 1.29 bits per heavy atom. The van der Waals surface area contributed by atoms with E-state index in [9.17, 15) is 0 Å². The fraction of sp³-hybridized carbons (Fsp3) is 0.714. The molecule has 2 unspecified atom stereocenters. The Labute approximate surface area is 114 Å². The maximum absolute atomic E-state index is 6.35. The van der Waals surface area contributed by atoms with E-state index in [0.29, 0.717) is 11.3 Å². The average molecular weight is 272 g/mol. The van der Waals surface area contributed by atoms with Crippen LogP contribution in [0.2, 0.25) is 0 Å². The van der Waals surface area contributed by atoms with E-state index in [4.69, 9.17) is 11.6 Å². The van der Waals surface area contributed by atoms with E-state index in [1.54, 1.807) is 0 Å². The van der Waals surface area contributed by atoms with Gasteiger partial charge in [0.05, 0.1) is 0 Å². The molecule has 0 bridgehead atoms. The van der Waals surface area contributed by atoms with Gasteiger partial charge in [0.1, 0.15) is 0 Å². The number of halogens is 1. The Bertz CT molecular complexity index is 337. The number of nitrogens with one attached hydrogen (secondary N) is 1. The van der Waals surface area contributed by atoms with E-state index in [0.717, 1.165) is 19.5 Å². The van der Waals surface area contributed by atoms with Gasteiger partial charge in [-0.2, -0.15) is 0 Å². The normalized spacial score (nSPS) is 25.1. The Morgan fingerprint density at radius 2 is 2.06 bits per heavy atom. The van der Waals surface area contributed by atoms with Crippen molar-refractivity contribution in [3.8, 4) is 0 Å². The summed E-state index contributed by atoms with van der Waals surface area (Å²) in [7, 11) is 0. The summed E-state index contributed by atoms with van der Waals surface area (Å²) in [6.07, 6.45) is 6.32. The van der Waals surface area contributed by atoms with Crippen molar-refractivity contribution in [3.63, 3.8) is 0 Å². The van der Waals surface area contributed by atoms with Gasteiger partial charge in [0, 0.05) is 21.7 Å². The van der Waals surface area contributed by atoms with Crippen LogP contribution >= 0.6 is 22.9 Å². The lowest BCUT2D eigenvalue weighted by Gasteiger charge is -2.27. The number of hydrogen-bond acceptors (Lipinski definition) is 2. The Kier molecular flexibility index (Phi) is 5.33. The zero-order chi connectivity index (χ0) is 12.1. The maximum Gasteiger partial charge on any atom is 0.0376 e. The number of alkyl halides is 1. The van der Waals surface area contributed by atoms with Crippen LogP contribution in [0.5, 0.6) is 0 Å². The minimum atomic E-state index is 0.394. The van der Waals surface area contributed by atoms with E-state index in [2.05, 4.69) is 24.4 Å². The average Bonchev–Trinajstić information content (AvgIpc) is 2.80. The molecule has 1 fully saturated rings. The summed E-state index contributed by atoms with van der Waals surface area (Å²) in [5.41, 5.74) is 0. The molecule has 1 saturated carbocycles. The number of rotatable bonds is 5. The molecule has 1 aromatic rings. The zero-order valence-corrected chi connectivity index (χ0v) is 12.1. The van der Waals surface area contributed by atoms with Crippen molar-refractivity contribution in [2.75, 3.05) is 6.54 Å². The third-order valence-corrected chi connectivity index (χ3v) is 5.39.